The van der Waals surface area contributed by atoms with Crippen LogP contribution < -0.4 is 0 Å². The Morgan fingerprint density at radius 1 is 1.03 bits per heavy atom. The Labute approximate surface area is 184 Å². The van der Waals surface area contributed by atoms with Crippen molar-refractivity contribution in [2.24, 2.45) is 5.92 Å². The van der Waals surface area contributed by atoms with Gasteiger partial charge in [-0.15, -0.1) is 0 Å². The molecule has 31 heavy (non-hydrogen) atoms. The molecule has 0 radical (unpaired) electrons. The maximum absolute atomic E-state index is 13.8. The average Bonchev–Trinajstić information content (AvgIpc) is 2.73. The van der Waals surface area contributed by atoms with Gasteiger partial charge in [-0.05, 0) is 79.7 Å². The predicted molar refractivity (Wildman–Crippen MR) is 114 cm³/mol. The van der Waals surface area contributed by atoms with E-state index in [9.17, 15) is 17.6 Å². The van der Waals surface area contributed by atoms with Crippen LogP contribution in [0.1, 0.15) is 41.9 Å². The first kappa shape index (κ1) is 22.4. The minimum atomic E-state index is -4.41. The van der Waals surface area contributed by atoms with Crippen molar-refractivity contribution in [2.45, 2.75) is 41.1 Å². The van der Waals surface area contributed by atoms with Crippen LogP contribution in [0, 0.1) is 11.7 Å². The number of aliphatic hydroxyl groups is 1. The number of benzene rings is 2. The molecule has 2 aliphatic rings. The highest BCUT2D eigenvalue weighted by atomic mass is 32.2. The largest absolute Gasteiger partial charge is 0.416 e. The molecule has 0 saturated carbocycles. The van der Waals surface area contributed by atoms with Gasteiger partial charge < -0.3 is 5.11 Å². The molecule has 2 aromatic rings. The SMILES string of the molecule is OCCC1CCN(CC=CC2c3ccc(F)cc3Sc3ccc(C(F)(F)F)cc32)CC1. The van der Waals surface area contributed by atoms with Crippen molar-refractivity contribution < 1.29 is 22.7 Å². The molecule has 1 saturated heterocycles. The molecule has 0 aromatic heterocycles. The van der Waals surface area contributed by atoms with Crippen LogP contribution in [-0.2, 0) is 6.18 Å². The van der Waals surface area contributed by atoms with Crippen LogP contribution in [0.15, 0.2) is 58.3 Å². The molecule has 2 nitrogen and oxygen atoms in total. The molecule has 7 heteroatoms. The van der Waals surface area contributed by atoms with Crippen LogP contribution >= 0.6 is 11.8 Å². The minimum Gasteiger partial charge on any atom is -0.396 e. The van der Waals surface area contributed by atoms with Crippen LogP contribution in [-0.4, -0.2) is 36.2 Å². The molecular weight excluding hydrogens is 426 g/mol. The van der Waals surface area contributed by atoms with Crippen LogP contribution in [0.4, 0.5) is 17.6 Å². The number of piperidine rings is 1. The molecular formula is C24H25F4NOS. The molecule has 1 fully saturated rings. The zero-order chi connectivity index (χ0) is 22.0. The summed E-state index contributed by atoms with van der Waals surface area (Å²) in [5.41, 5.74) is 0.773. The van der Waals surface area contributed by atoms with E-state index in [0.717, 1.165) is 60.3 Å². The second kappa shape index (κ2) is 9.35. The molecule has 0 amide bonds. The maximum Gasteiger partial charge on any atom is 0.416 e. The highest BCUT2D eigenvalue weighted by Gasteiger charge is 2.33. The van der Waals surface area contributed by atoms with Gasteiger partial charge in [-0.2, -0.15) is 13.2 Å². The van der Waals surface area contributed by atoms with Gasteiger partial charge in [-0.25, -0.2) is 4.39 Å². The number of fused-ring (bicyclic) bond motifs is 2. The summed E-state index contributed by atoms with van der Waals surface area (Å²) in [6, 6.07) is 8.30. The summed E-state index contributed by atoms with van der Waals surface area (Å²) in [6.07, 6.45) is 2.51. The van der Waals surface area contributed by atoms with Crippen LogP contribution in [0.5, 0.6) is 0 Å². The Morgan fingerprint density at radius 2 is 1.81 bits per heavy atom. The van der Waals surface area contributed by atoms with Crippen molar-refractivity contribution in [2.75, 3.05) is 26.2 Å². The van der Waals surface area contributed by atoms with Crippen molar-refractivity contribution >= 4 is 11.8 Å². The second-order valence-corrected chi connectivity index (χ2v) is 9.28. The molecule has 1 atom stereocenters. The fourth-order valence-electron chi connectivity index (χ4n) is 4.39. The number of allylic oxidation sites excluding steroid dienone is 1. The van der Waals surface area contributed by atoms with E-state index < -0.39 is 11.7 Å². The predicted octanol–water partition coefficient (Wildman–Crippen LogP) is 6.09. The van der Waals surface area contributed by atoms with Crippen LogP contribution in [0.3, 0.4) is 0 Å². The average molecular weight is 452 g/mol. The van der Waals surface area contributed by atoms with E-state index in [1.165, 1.54) is 36.0 Å². The third-order valence-corrected chi connectivity index (χ3v) is 7.30. The number of rotatable bonds is 5. The Bertz CT molecular complexity index is 951. The summed E-state index contributed by atoms with van der Waals surface area (Å²) < 4.78 is 53.8. The van der Waals surface area contributed by atoms with E-state index >= 15 is 0 Å². The normalized spacial score (nSPS) is 20.1. The monoisotopic (exact) mass is 451 g/mol. The van der Waals surface area contributed by atoms with Gasteiger partial charge in [0, 0.05) is 28.9 Å². The van der Waals surface area contributed by atoms with Gasteiger partial charge in [-0.3, -0.25) is 4.90 Å². The first-order chi connectivity index (χ1) is 14.8. The van der Waals surface area contributed by atoms with Crippen molar-refractivity contribution in [3.63, 3.8) is 0 Å². The maximum atomic E-state index is 13.8. The van der Waals surface area contributed by atoms with Gasteiger partial charge in [0.2, 0.25) is 0 Å². The van der Waals surface area contributed by atoms with Gasteiger partial charge >= 0.3 is 6.18 Å². The summed E-state index contributed by atoms with van der Waals surface area (Å²) in [5.74, 6) is -0.133. The van der Waals surface area contributed by atoms with E-state index in [1.54, 1.807) is 6.07 Å². The third kappa shape index (κ3) is 5.16. The molecule has 166 valence electrons. The van der Waals surface area contributed by atoms with E-state index in [1.807, 2.05) is 12.2 Å². The number of aliphatic hydroxyl groups excluding tert-OH is 1. The number of halogens is 4. The van der Waals surface area contributed by atoms with Crippen LogP contribution in [0.25, 0.3) is 0 Å². The number of hydrogen-bond acceptors (Lipinski definition) is 3. The van der Waals surface area contributed by atoms with Crippen molar-refractivity contribution in [3.8, 4) is 0 Å². The zero-order valence-electron chi connectivity index (χ0n) is 17.0. The summed E-state index contributed by atoms with van der Waals surface area (Å²) in [4.78, 5) is 3.79. The lowest BCUT2D eigenvalue weighted by atomic mass is 9.89. The lowest BCUT2D eigenvalue weighted by molar-refractivity contribution is -0.137. The van der Waals surface area contributed by atoms with Crippen LogP contribution in [0.2, 0.25) is 0 Å². The van der Waals surface area contributed by atoms with Gasteiger partial charge in [-0.1, -0.05) is 30.0 Å². The molecule has 2 aromatic carbocycles. The molecule has 2 aliphatic heterocycles. The second-order valence-electron chi connectivity index (χ2n) is 8.20. The summed E-state index contributed by atoms with van der Waals surface area (Å²) in [6.45, 7) is 2.85. The lowest BCUT2D eigenvalue weighted by Crippen LogP contribution is -2.34. The van der Waals surface area contributed by atoms with Crippen molar-refractivity contribution in [1.82, 2.24) is 4.90 Å². The highest BCUT2D eigenvalue weighted by Crippen LogP contribution is 2.48. The topological polar surface area (TPSA) is 23.5 Å². The number of nitrogens with zero attached hydrogens (tertiary/aromatic N) is 1. The van der Waals surface area contributed by atoms with Gasteiger partial charge in [0.05, 0.1) is 5.56 Å². The third-order valence-electron chi connectivity index (χ3n) is 6.14. The first-order valence-corrected chi connectivity index (χ1v) is 11.3. The fourth-order valence-corrected chi connectivity index (χ4v) is 5.56. The lowest BCUT2D eigenvalue weighted by Gasteiger charge is -2.31. The Morgan fingerprint density at radius 3 is 2.52 bits per heavy atom. The molecule has 0 spiro atoms. The summed E-state index contributed by atoms with van der Waals surface area (Å²) in [7, 11) is 0. The van der Waals surface area contributed by atoms with Crippen molar-refractivity contribution in [3.05, 3.63) is 71.1 Å². The molecule has 1 N–H and O–H groups in total. The smallest absolute Gasteiger partial charge is 0.396 e. The molecule has 1 unspecified atom stereocenters. The van der Waals surface area contributed by atoms with Gasteiger partial charge in [0.25, 0.3) is 0 Å². The van der Waals surface area contributed by atoms with E-state index in [4.69, 9.17) is 5.11 Å². The Balaban J connectivity index is 1.57. The quantitative estimate of drug-likeness (QED) is 0.440. The summed E-state index contributed by atoms with van der Waals surface area (Å²) >= 11 is 1.31. The Hall–Kier alpha value is -1.83. The Kier molecular flexibility index (Phi) is 6.74. The van der Waals surface area contributed by atoms with E-state index in [0.29, 0.717) is 11.5 Å². The molecule has 2 heterocycles. The molecule has 0 aliphatic carbocycles. The highest BCUT2D eigenvalue weighted by molar-refractivity contribution is 7.99. The van der Waals surface area contributed by atoms with Gasteiger partial charge in [0.1, 0.15) is 5.82 Å². The minimum absolute atomic E-state index is 0.226. The van der Waals surface area contributed by atoms with E-state index in [-0.39, 0.29) is 18.3 Å². The number of likely N-dealkylation sites (tertiary alicyclic amines) is 1. The van der Waals surface area contributed by atoms with Crippen molar-refractivity contribution in [1.29, 1.82) is 0 Å². The first-order valence-electron chi connectivity index (χ1n) is 10.5. The zero-order valence-corrected chi connectivity index (χ0v) is 17.9. The standard InChI is InChI=1S/C24H25F4NOS/c25-18-4-5-20-19(2-1-10-29-11-7-16(8-12-29)9-13-30)21-14-17(24(26,27)28)3-6-22(21)31-23(20)15-18/h1-6,14-16,19,30H,7-13H2. The number of alkyl halides is 3. The summed E-state index contributed by atoms with van der Waals surface area (Å²) in [5, 5.41) is 9.10. The molecule has 4 rings (SSSR count). The number of hydrogen-bond donors (Lipinski definition) is 1. The molecule has 0 bridgehead atoms. The van der Waals surface area contributed by atoms with Gasteiger partial charge in [0.15, 0.2) is 0 Å². The fraction of sp³-hybridized carbons (Fsp3) is 0.417. The van der Waals surface area contributed by atoms with E-state index in [2.05, 4.69) is 4.90 Å².